The third kappa shape index (κ3) is 2.87. The monoisotopic (exact) mass is 310 g/mol. The Kier molecular flexibility index (Phi) is 3.72. The van der Waals surface area contributed by atoms with E-state index >= 15 is 0 Å². The number of amides is 1. The minimum atomic E-state index is -0.683. The van der Waals surface area contributed by atoms with Crippen molar-refractivity contribution in [2.75, 3.05) is 0 Å². The van der Waals surface area contributed by atoms with E-state index < -0.39 is 11.7 Å². The summed E-state index contributed by atoms with van der Waals surface area (Å²) in [6.45, 7) is 0. The van der Waals surface area contributed by atoms with Crippen molar-refractivity contribution in [3.05, 3.63) is 66.0 Å². The number of fused-ring (bicyclic) bond motifs is 1. The summed E-state index contributed by atoms with van der Waals surface area (Å²) in [5.41, 5.74) is 0.135. The Hall–Kier alpha value is -3.28. The Morgan fingerprint density at radius 2 is 1.61 bits per heavy atom. The molecule has 0 aliphatic carbocycles. The molecule has 23 heavy (non-hydrogen) atoms. The normalized spacial score (nSPS) is 11.2. The van der Waals surface area contributed by atoms with Gasteiger partial charge in [0.1, 0.15) is 17.3 Å². The molecule has 3 aromatic carbocycles. The summed E-state index contributed by atoms with van der Waals surface area (Å²) in [7, 11) is 0. The number of halogens is 1. The van der Waals surface area contributed by atoms with E-state index in [9.17, 15) is 19.4 Å². The number of nitrogens with zero attached hydrogens (tertiary/aromatic N) is 2. The van der Waals surface area contributed by atoms with Gasteiger partial charge in [0.2, 0.25) is 0 Å². The van der Waals surface area contributed by atoms with Gasteiger partial charge in [-0.1, -0.05) is 24.3 Å². The molecule has 3 aromatic rings. The number of phenolic OH excluding ortho intramolecular Hbond substituents is 2. The number of azo groups is 1. The first-order valence-electron chi connectivity index (χ1n) is 6.71. The molecule has 2 N–H and O–H groups in total. The van der Waals surface area contributed by atoms with Crippen LogP contribution in [0.5, 0.6) is 11.5 Å². The highest BCUT2D eigenvalue weighted by molar-refractivity contribution is 5.97. The number of phenols is 2. The van der Waals surface area contributed by atoms with E-state index in [4.69, 9.17) is 0 Å². The zero-order valence-corrected chi connectivity index (χ0v) is 11.8. The second kappa shape index (κ2) is 5.84. The van der Waals surface area contributed by atoms with Crippen LogP contribution in [0.3, 0.4) is 0 Å². The Balaban J connectivity index is 1.96. The van der Waals surface area contributed by atoms with Crippen molar-refractivity contribution in [3.63, 3.8) is 0 Å². The summed E-state index contributed by atoms with van der Waals surface area (Å²) in [4.78, 5) is 11.9. The number of carbonyl (C=O) groups excluding carboxylic acids is 1. The molecule has 0 bridgehead atoms. The van der Waals surface area contributed by atoms with Gasteiger partial charge in [0.25, 0.3) is 5.91 Å². The van der Waals surface area contributed by atoms with Crippen molar-refractivity contribution in [3.8, 4) is 11.5 Å². The average Bonchev–Trinajstić information content (AvgIpc) is 2.57. The largest absolute Gasteiger partial charge is 0.507 e. The first-order chi connectivity index (χ1) is 11.1. The summed E-state index contributed by atoms with van der Waals surface area (Å²) in [5, 5.41) is 28.2. The minimum absolute atomic E-state index is 0.0309. The summed E-state index contributed by atoms with van der Waals surface area (Å²) in [6, 6.07) is 12.8. The van der Waals surface area contributed by atoms with Crippen molar-refractivity contribution < 1.29 is 19.4 Å². The molecule has 3 rings (SSSR count). The summed E-state index contributed by atoms with van der Waals surface area (Å²) in [5.74, 6) is -1.41. The molecule has 0 aromatic heterocycles. The van der Waals surface area contributed by atoms with E-state index in [-0.39, 0.29) is 22.7 Å². The van der Waals surface area contributed by atoms with E-state index in [0.717, 1.165) is 12.1 Å². The van der Waals surface area contributed by atoms with Crippen LogP contribution in [0.15, 0.2) is 64.8 Å². The van der Waals surface area contributed by atoms with E-state index in [1.165, 1.54) is 18.2 Å². The molecule has 0 aliphatic rings. The van der Waals surface area contributed by atoms with Crippen molar-refractivity contribution in [2.45, 2.75) is 0 Å². The van der Waals surface area contributed by atoms with Crippen LogP contribution in [0, 0.1) is 5.82 Å². The van der Waals surface area contributed by atoms with Gasteiger partial charge in [-0.15, -0.1) is 10.2 Å². The van der Waals surface area contributed by atoms with Gasteiger partial charge in [0.15, 0.2) is 5.75 Å². The standard InChI is InChI=1S/C17H11FN2O3/c18-11-7-5-10(6-8-11)17(23)20-19-14-9-15(21)12-3-1-2-4-13(12)16(14)22/h1-9,21-22H. The van der Waals surface area contributed by atoms with Gasteiger partial charge < -0.3 is 10.2 Å². The molecule has 5 nitrogen and oxygen atoms in total. The van der Waals surface area contributed by atoms with Gasteiger partial charge in [0, 0.05) is 22.4 Å². The zero-order chi connectivity index (χ0) is 16.4. The Labute approximate surface area is 130 Å². The highest BCUT2D eigenvalue weighted by atomic mass is 19.1. The molecule has 1 amide bonds. The van der Waals surface area contributed by atoms with E-state index in [1.54, 1.807) is 24.3 Å². The first-order valence-corrected chi connectivity index (χ1v) is 6.71. The molecule has 0 heterocycles. The van der Waals surface area contributed by atoms with Crippen molar-refractivity contribution >= 4 is 22.4 Å². The molecule has 0 spiro atoms. The van der Waals surface area contributed by atoms with Crippen LogP contribution in [0.25, 0.3) is 10.8 Å². The fourth-order valence-electron chi connectivity index (χ4n) is 2.15. The highest BCUT2D eigenvalue weighted by Crippen LogP contribution is 2.40. The van der Waals surface area contributed by atoms with Crippen molar-refractivity contribution in [2.24, 2.45) is 10.2 Å². The number of rotatable bonds is 2. The molecule has 0 saturated heterocycles. The summed E-state index contributed by atoms with van der Waals surface area (Å²) < 4.78 is 12.8. The third-order valence-corrected chi connectivity index (χ3v) is 3.31. The van der Waals surface area contributed by atoms with Gasteiger partial charge in [-0.3, -0.25) is 4.79 Å². The van der Waals surface area contributed by atoms with E-state index in [2.05, 4.69) is 10.2 Å². The predicted octanol–water partition coefficient (Wildman–Crippen LogP) is 4.31. The number of aromatic hydroxyl groups is 2. The third-order valence-electron chi connectivity index (χ3n) is 3.31. The van der Waals surface area contributed by atoms with Gasteiger partial charge in [-0.25, -0.2) is 4.39 Å². The number of hydrogen-bond acceptors (Lipinski definition) is 4. The van der Waals surface area contributed by atoms with Crippen LogP contribution < -0.4 is 0 Å². The average molecular weight is 310 g/mol. The molecular formula is C17H11FN2O3. The quantitative estimate of drug-likeness (QED) is 0.546. The molecule has 0 unspecified atom stereocenters. The lowest BCUT2D eigenvalue weighted by molar-refractivity contribution is 0.0995. The molecule has 0 fully saturated rings. The fourth-order valence-corrected chi connectivity index (χ4v) is 2.15. The van der Waals surface area contributed by atoms with Crippen LogP contribution in [-0.2, 0) is 0 Å². The van der Waals surface area contributed by atoms with E-state index in [0.29, 0.717) is 10.8 Å². The summed E-state index contributed by atoms with van der Waals surface area (Å²) >= 11 is 0. The Morgan fingerprint density at radius 1 is 0.957 bits per heavy atom. The number of carbonyl (C=O) groups is 1. The lowest BCUT2D eigenvalue weighted by Gasteiger charge is -2.05. The molecule has 114 valence electrons. The molecular weight excluding hydrogens is 299 g/mol. The van der Waals surface area contributed by atoms with Gasteiger partial charge in [-0.05, 0) is 24.3 Å². The van der Waals surface area contributed by atoms with Crippen LogP contribution in [-0.4, -0.2) is 16.1 Å². The maximum absolute atomic E-state index is 12.8. The topological polar surface area (TPSA) is 82.2 Å². The molecule has 0 saturated carbocycles. The molecule has 0 atom stereocenters. The van der Waals surface area contributed by atoms with Crippen LogP contribution in [0.1, 0.15) is 10.4 Å². The highest BCUT2D eigenvalue weighted by Gasteiger charge is 2.11. The van der Waals surface area contributed by atoms with Crippen molar-refractivity contribution in [1.29, 1.82) is 0 Å². The number of hydrogen-bond donors (Lipinski definition) is 2. The fraction of sp³-hybridized carbons (Fsp3) is 0. The number of benzene rings is 3. The lowest BCUT2D eigenvalue weighted by atomic mass is 10.1. The Bertz CT molecular complexity index is 921. The van der Waals surface area contributed by atoms with Gasteiger partial charge in [-0.2, -0.15) is 0 Å². The zero-order valence-electron chi connectivity index (χ0n) is 11.8. The second-order valence-electron chi connectivity index (χ2n) is 4.82. The maximum Gasteiger partial charge on any atom is 0.295 e. The van der Waals surface area contributed by atoms with E-state index in [1.807, 2.05) is 0 Å². The maximum atomic E-state index is 12.8. The SMILES string of the molecule is O=C(N=Nc1cc(O)c2ccccc2c1O)c1ccc(F)cc1. The smallest absolute Gasteiger partial charge is 0.295 e. The first kappa shape index (κ1) is 14.6. The molecule has 6 heteroatoms. The molecule has 0 aliphatic heterocycles. The van der Waals surface area contributed by atoms with Crippen LogP contribution in [0.2, 0.25) is 0 Å². The van der Waals surface area contributed by atoms with Crippen molar-refractivity contribution in [1.82, 2.24) is 0 Å². The van der Waals surface area contributed by atoms with Gasteiger partial charge in [0.05, 0.1) is 0 Å². The minimum Gasteiger partial charge on any atom is -0.507 e. The predicted molar refractivity (Wildman–Crippen MR) is 82.5 cm³/mol. The Morgan fingerprint density at radius 3 is 2.30 bits per heavy atom. The van der Waals surface area contributed by atoms with Crippen LogP contribution >= 0.6 is 0 Å². The summed E-state index contributed by atoms with van der Waals surface area (Å²) in [6.07, 6.45) is 0. The molecule has 0 radical (unpaired) electrons. The van der Waals surface area contributed by atoms with Gasteiger partial charge >= 0.3 is 0 Å². The van der Waals surface area contributed by atoms with Crippen LogP contribution in [0.4, 0.5) is 10.1 Å². The lowest BCUT2D eigenvalue weighted by Crippen LogP contribution is -1.93. The second-order valence-corrected chi connectivity index (χ2v) is 4.82.